The predicted octanol–water partition coefficient (Wildman–Crippen LogP) is 3.44. The van der Waals surface area contributed by atoms with Crippen LogP contribution in [0.1, 0.15) is 26.3 Å². The first-order valence-electron chi connectivity index (χ1n) is 10.3. The maximum absolute atomic E-state index is 5.94. The van der Waals surface area contributed by atoms with E-state index in [1.165, 1.54) is 6.20 Å². The van der Waals surface area contributed by atoms with E-state index in [1.54, 1.807) is 33.5 Å². The van der Waals surface area contributed by atoms with Crippen LogP contribution in [0.3, 0.4) is 0 Å². The van der Waals surface area contributed by atoms with Gasteiger partial charge >= 0.3 is 0 Å². The van der Waals surface area contributed by atoms with Gasteiger partial charge in [0.1, 0.15) is 5.70 Å². The van der Waals surface area contributed by atoms with E-state index in [0.717, 1.165) is 5.56 Å². The van der Waals surface area contributed by atoms with E-state index in [2.05, 4.69) is 10.4 Å². The average Bonchev–Trinajstić information content (AvgIpc) is 2.83. The summed E-state index contributed by atoms with van der Waals surface area (Å²) in [6.45, 7) is 6.63. The maximum Gasteiger partial charge on any atom is 0.203 e. The van der Waals surface area contributed by atoms with Crippen LogP contribution in [0.4, 0.5) is 11.4 Å². The monoisotopic (exact) mass is 440 g/mol. The second-order valence-electron chi connectivity index (χ2n) is 6.31. The lowest BCUT2D eigenvalue weighted by Gasteiger charge is -2.31. The number of methoxy groups -OCH3 is 3. The number of benzene rings is 2. The van der Waals surface area contributed by atoms with Gasteiger partial charge in [-0.15, -0.1) is 0 Å². The van der Waals surface area contributed by atoms with Crippen molar-refractivity contribution < 1.29 is 14.2 Å². The Hall–Kier alpha value is -3.88. The summed E-state index contributed by atoms with van der Waals surface area (Å²) in [5, 5.41) is 1.86. The van der Waals surface area contributed by atoms with Crippen molar-refractivity contribution in [3.8, 4) is 17.2 Å². The number of anilines is 1. The van der Waals surface area contributed by atoms with Crippen LogP contribution in [-0.4, -0.2) is 44.6 Å². The van der Waals surface area contributed by atoms with Crippen molar-refractivity contribution in [2.24, 2.45) is 15.7 Å². The number of nitrogens with two attached hydrogens (primary N) is 2. The van der Waals surface area contributed by atoms with Crippen LogP contribution in [-0.2, 0) is 0 Å². The van der Waals surface area contributed by atoms with Crippen LogP contribution in [0.2, 0.25) is 0 Å². The van der Waals surface area contributed by atoms with E-state index in [4.69, 9.17) is 30.7 Å². The Morgan fingerprint density at radius 2 is 1.72 bits per heavy atom. The summed E-state index contributed by atoms with van der Waals surface area (Å²) in [7, 11) is 4.66. The minimum Gasteiger partial charge on any atom is -0.493 e. The van der Waals surface area contributed by atoms with Crippen LogP contribution in [0.5, 0.6) is 17.2 Å². The van der Waals surface area contributed by atoms with Gasteiger partial charge in [-0.2, -0.15) is 0 Å². The van der Waals surface area contributed by atoms with Gasteiger partial charge < -0.3 is 25.7 Å². The molecule has 172 valence electrons. The maximum atomic E-state index is 5.94. The molecule has 5 N–H and O–H groups in total. The van der Waals surface area contributed by atoms with Crippen LogP contribution in [0, 0.1) is 0 Å². The molecular weight excluding hydrogens is 408 g/mol. The molecule has 0 unspecified atom stereocenters. The number of aliphatic imine (C=N–C) groups is 2. The van der Waals surface area contributed by atoms with Gasteiger partial charge in [0, 0.05) is 36.1 Å². The smallest absolute Gasteiger partial charge is 0.203 e. The van der Waals surface area contributed by atoms with Gasteiger partial charge in [0.2, 0.25) is 5.75 Å². The Balaban J connectivity index is 0.00000176. The molecule has 9 heteroatoms. The van der Waals surface area contributed by atoms with Gasteiger partial charge in [-0.25, -0.2) is 9.98 Å². The minimum atomic E-state index is 0.435. The first-order chi connectivity index (χ1) is 15.5. The quantitative estimate of drug-likeness (QED) is 0.589. The molecule has 0 aliphatic carbocycles. The van der Waals surface area contributed by atoms with Crippen molar-refractivity contribution in [1.82, 2.24) is 10.4 Å². The third kappa shape index (κ3) is 5.23. The molecular formula is C23H32N6O3. The number of hydrazine groups is 1. The highest BCUT2D eigenvalue weighted by Crippen LogP contribution is 2.41. The van der Waals surface area contributed by atoms with E-state index in [-0.39, 0.29) is 0 Å². The number of hydrogen-bond donors (Lipinski definition) is 3. The highest BCUT2D eigenvalue weighted by Gasteiger charge is 2.23. The molecule has 0 radical (unpaired) electrons. The third-order valence-electron chi connectivity index (χ3n) is 4.50. The highest BCUT2D eigenvalue weighted by atomic mass is 16.5. The Labute approximate surface area is 189 Å². The number of rotatable bonds is 6. The zero-order valence-electron chi connectivity index (χ0n) is 19.5. The third-order valence-corrected chi connectivity index (χ3v) is 4.50. The fourth-order valence-electron chi connectivity index (χ4n) is 3.06. The standard InChI is InChI=1S/C21H26N6O3.C2H6/c1-5-27-16(12-22)21(25-20(26-27)13-7-6-8-14(23)9-13)24-15-10-17(28-2)19(30-4)18(11-15)29-3;1-2/h6-12H,5,22-23H2,1-4H3,(H,24,25,26);1-2H3/b16-12-;. The zero-order valence-corrected chi connectivity index (χ0v) is 19.5. The largest absolute Gasteiger partial charge is 0.493 e. The summed E-state index contributed by atoms with van der Waals surface area (Å²) >= 11 is 0. The van der Waals surface area contributed by atoms with Crippen LogP contribution >= 0.6 is 0 Å². The molecule has 0 spiro atoms. The first kappa shape index (κ1) is 24.4. The molecule has 0 saturated carbocycles. The number of ether oxygens (including phenoxy) is 3. The molecule has 0 bridgehead atoms. The lowest BCUT2D eigenvalue weighted by molar-refractivity contribution is 0.324. The zero-order chi connectivity index (χ0) is 23.7. The summed E-state index contributed by atoms with van der Waals surface area (Å²) in [6, 6.07) is 10.9. The van der Waals surface area contributed by atoms with Gasteiger partial charge in [0.05, 0.1) is 27.0 Å². The van der Waals surface area contributed by atoms with Gasteiger partial charge in [0.25, 0.3) is 0 Å². The molecule has 0 amide bonds. The van der Waals surface area contributed by atoms with Gasteiger partial charge in [-0.05, 0) is 19.1 Å². The summed E-state index contributed by atoms with van der Waals surface area (Å²) in [5.41, 5.74) is 17.8. The summed E-state index contributed by atoms with van der Waals surface area (Å²) in [4.78, 5) is 9.40. The Morgan fingerprint density at radius 3 is 2.22 bits per heavy atom. The lowest BCUT2D eigenvalue weighted by Crippen LogP contribution is -2.47. The van der Waals surface area contributed by atoms with Crippen molar-refractivity contribution in [2.45, 2.75) is 20.8 Å². The minimum absolute atomic E-state index is 0.435. The van der Waals surface area contributed by atoms with Crippen molar-refractivity contribution >= 4 is 23.0 Å². The number of nitrogens with zero attached hydrogens (tertiary/aromatic N) is 3. The summed E-state index contributed by atoms with van der Waals surface area (Å²) in [6.07, 6.45) is 1.47. The molecule has 1 aliphatic heterocycles. The summed E-state index contributed by atoms with van der Waals surface area (Å²) < 4.78 is 16.2. The molecule has 32 heavy (non-hydrogen) atoms. The number of nitrogens with one attached hydrogen (secondary N) is 1. The van der Waals surface area contributed by atoms with E-state index < -0.39 is 0 Å². The lowest BCUT2D eigenvalue weighted by atomic mass is 10.1. The van der Waals surface area contributed by atoms with E-state index in [1.807, 2.05) is 50.0 Å². The SMILES string of the molecule is CC.CCN1NC(c2cccc(N)c2)=NC(=Nc2cc(OC)c(OC)c(OC)c2)/C1=C/N. The average molecular weight is 441 g/mol. The normalized spacial score (nSPS) is 15.4. The van der Waals surface area contributed by atoms with Crippen molar-refractivity contribution in [3.05, 3.63) is 53.9 Å². The van der Waals surface area contributed by atoms with Crippen LogP contribution < -0.4 is 31.1 Å². The molecule has 0 aromatic heterocycles. The molecule has 0 saturated heterocycles. The molecule has 0 fully saturated rings. The molecule has 0 atom stereocenters. The summed E-state index contributed by atoms with van der Waals surface area (Å²) in [5.74, 6) is 2.53. The second kappa shape index (κ2) is 11.5. The molecule has 1 aliphatic rings. The van der Waals surface area contributed by atoms with Crippen LogP contribution in [0.15, 0.2) is 58.3 Å². The number of likely N-dealkylation sites (N-methyl/N-ethyl adjacent to an activating group) is 1. The Morgan fingerprint density at radius 1 is 1.06 bits per heavy atom. The number of hydrogen-bond acceptors (Lipinski definition) is 8. The topological polar surface area (TPSA) is 120 Å². The van der Waals surface area contributed by atoms with Gasteiger partial charge in [0.15, 0.2) is 23.2 Å². The first-order valence-corrected chi connectivity index (χ1v) is 10.3. The second-order valence-corrected chi connectivity index (χ2v) is 6.31. The molecule has 9 nitrogen and oxygen atoms in total. The predicted molar refractivity (Wildman–Crippen MR) is 130 cm³/mol. The molecule has 2 aromatic carbocycles. The number of amidine groups is 2. The molecule has 2 aromatic rings. The number of nitrogen functional groups attached to an aromatic ring is 1. The van der Waals surface area contributed by atoms with Gasteiger partial charge in [-0.1, -0.05) is 26.0 Å². The van der Waals surface area contributed by atoms with Crippen molar-refractivity contribution in [1.29, 1.82) is 0 Å². The van der Waals surface area contributed by atoms with Gasteiger partial charge in [-0.3, -0.25) is 10.4 Å². The Kier molecular flexibility index (Phi) is 8.76. The van der Waals surface area contributed by atoms with E-state index >= 15 is 0 Å². The van der Waals surface area contributed by atoms with Crippen molar-refractivity contribution in [2.75, 3.05) is 33.6 Å². The fourth-order valence-corrected chi connectivity index (χ4v) is 3.06. The van der Waals surface area contributed by atoms with E-state index in [0.29, 0.717) is 52.5 Å². The molecule has 3 rings (SSSR count). The highest BCUT2D eigenvalue weighted by molar-refractivity contribution is 6.14. The van der Waals surface area contributed by atoms with Crippen molar-refractivity contribution in [3.63, 3.8) is 0 Å². The van der Waals surface area contributed by atoms with E-state index in [9.17, 15) is 0 Å². The Bertz CT molecular complexity index is 992. The fraction of sp³-hybridized carbons (Fsp3) is 0.304. The molecule has 1 heterocycles. The van der Waals surface area contributed by atoms with Crippen LogP contribution in [0.25, 0.3) is 0 Å².